The van der Waals surface area contributed by atoms with Crippen LogP contribution < -0.4 is 10.0 Å². The lowest BCUT2D eigenvalue weighted by Gasteiger charge is -2.10. The summed E-state index contributed by atoms with van der Waals surface area (Å²) in [5.74, 6) is -0.822. The van der Waals surface area contributed by atoms with E-state index in [2.05, 4.69) is 15.0 Å². The summed E-state index contributed by atoms with van der Waals surface area (Å²) in [7, 11) is -3.91. The molecule has 9 heteroatoms. The Balaban J connectivity index is 2.30. The van der Waals surface area contributed by atoms with Crippen LogP contribution in [0.1, 0.15) is 35.6 Å². The fourth-order valence-electron chi connectivity index (χ4n) is 2.57. The quantitative estimate of drug-likeness (QED) is 0.667. The normalized spacial score (nSPS) is 11.1. The first kappa shape index (κ1) is 19.5. The number of anilines is 2. The molecule has 0 aliphatic rings. The first-order chi connectivity index (χ1) is 12.2. The summed E-state index contributed by atoms with van der Waals surface area (Å²) in [5.41, 5.74) is 1.64. The van der Waals surface area contributed by atoms with Gasteiger partial charge in [0.05, 0.1) is 6.61 Å². The summed E-state index contributed by atoms with van der Waals surface area (Å²) in [5, 5.41) is 2.60. The van der Waals surface area contributed by atoms with Crippen molar-refractivity contribution in [1.82, 2.24) is 4.98 Å². The molecular weight excluding hydrogens is 358 g/mol. The number of esters is 1. The first-order valence-corrected chi connectivity index (χ1v) is 9.40. The molecule has 0 radical (unpaired) electrons. The number of aryl methyl sites for hydroxylation is 1. The number of nitrogens with one attached hydrogen (secondary N) is 3. The predicted molar refractivity (Wildman–Crippen MR) is 97.8 cm³/mol. The van der Waals surface area contributed by atoms with E-state index in [-0.39, 0.29) is 23.1 Å². The van der Waals surface area contributed by atoms with Crippen molar-refractivity contribution in [2.45, 2.75) is 32.6 Å². The van der Waals surface area contributed by atoms with Crippen LogP contribution in [0.3, 0.4) is 0 Å². The van der Waals surface area contributed by atoms with Crippen LogP contribution in [-0.4, -0.2) is 31.9 Å². The summed E-state index contributed by atoms with van der Waals surface area (Å²) in [4.78, 5) is 25.8. The Bertz CT molecular complexity index is 930. The van der Waals surface area contributed by atoms with Crippen molar-refractivity contribution in [1.29, 1.82) is 0 Å². The number of ether oxygens (including phenoxy) is 1. The summed E-state index contributed by atoms with van der Waals surface area (Å²) in [6.45, 7) is 6.37. The van der Waals surface area contributed by atoms with Crippen LogP contribution in [0.15, 0.2) is 29.2 Å². The van der Waals surface area contributed by atoms with Gasteiger partial charge in [0.25, 0.3) is 10.0 Å². The smallest absolute Gasteiger partial charge is 0.355 e. The summed E-state index contributed by atoms with van der Waals surface area (Å²) >= 11 is 0. The zero-order valence-electron chi connectivity index (χ0n) is 15.0. The number of rotatable bonds is 6. The molecule has 1 amide bonds. The second-order valence-electron chi connectivity index (χ2n) is 5.66. The molecule has 140 valence electrons. The summed E-state index contributed by atoms with van der Waals surface area (Å²) in [6, 6.07) is 6.24. The molecule has 0 spiro atoms. The van der Waals surface area contributed by atoms with Gasteiger partial charge in [0.15, 0.2) is 0 Å². The largest absolute Gasteiger partial charge is 0.461 e. The highest BCUT2D eigenvalue weighted by molar-refractivity contribution is 7.92. The van der Waals surface area contributed by atoms with E-state index < -0.39 is 16.0 Å². The minimum absolute atomic E-state index is 0.00601. The van der Waals surface area contributed by atoms with Crippen LogP contribution >= 0.6 is 0 Å². The van der Waals surface area contributed by atoms with Gasteiger partial charge < -0.3 is 15.0 Å². The Morgan fingerprint density at radius 2 is 1.69 bits per heavy atom. The third-order valence-electron chi connectivity index (χ3n) is 3.57. The third kappa shape index (κ3) is 4.23. The molecule has 0 fully saturated rings. The first-order valence-electron chi connectivity index (χ1n) is 7.92. The van der Waals surface area contributed by atoms with E-state index in [1.807, 2.05) is 0 Å². The van der Waals surface area contributed by atoms with Gasteiger partial charge in [0, 0.05) is 29.6 Å². The zero-order valence-corrected chi connectivity index (χ0v) is 15.8. The number of aromatic nitrogens is 1. The molecule has 2 rings (SSSR count). The molecule has 0 saturated carbocycles. The van der Waals surface area contributed by atoms with Gasteiger partial charge >= 0.3 is 5.97 Å². The number of amides is 1. The number of hydrogen-bond acceptors (Lipinski definition) is 5. The molecule has 0 atom stereocenters. The van der Waals surface area contributed by atoms with E-state index >= 15 is 0 Å². The molecule has 8 nitrogen and oxygen atoms in total. The summed E-state index contributed by atoms with van der Waals surface area (Å²) in [6.07, 6.45) is 0. The molecule has 2 aromatic rings. The second-order valence-corrected chi connectivity index (χ2v) is 7.28. The average molecular weight is 379 g/mol. The predicted octanol–water partition coefficient (Wildman–Crippen LogP) is 2.57. The van der Waals surface area contributed by atoms with Gasteiger partial charge in [-0.3, -0.25) is 9.52 Å². The molecule has 0 saturated heterocycles. The number of H-pyrrole nitrogens is 1. The second kappa shape index (κ2) is 7.61. The minimum atomic E-state index is -3.91. The Morgan fingerprint density at radius 1 is 1.12 bits per heavy atom. The SMILES string of the molecule is CCOC(=O)c1[nH]c(C)c(S(=O)(=O)Nc2ccc(NC(C)=O)cc2)c1C. The van der Waals surface area contributed by atoms with E-state index in [9.17, 15) is 18.0 Å². The van der Waals surface area contributed by atoms with E-state index in [1.54, 1.807) is 32.9 Å². The lowest BCUT2D eigenvalue weighted by atomic mass is 10.2. The maximum absolute atomic E-state index is 12.7. The average Bonchev–Trinajstić information content (AvgIpc) is 2.84. The fourth-order valence-corrected chi connectivity index (χ4v) is 4.08. The molecule has 0 bridgehead atoms. The number of aromatic amines is 1. The van der Waals surface area contributed by atoms with Crippen LogP contribution in [0, 0.1) is 13.8 Å². The van der Waals surface area contributed by atoms with Gasteiger partial charge in [0.2, 0.25) is 5.91 Å². The lowest BCUT2D eigenvalue weighted by Crippen LogP contribution is -2.15. The highest BCUT2D eigenvalue weighted by Crippen LogP contribution is 2.26. The van der Waals surface area contributed by atoms with Crippen molar-refractivity contribution in [3.63, 3.8) is 0 Å². The molecule has 26 heavy (non-hydrogen) atoms. The van der Waals surface area contributed by atoms with Gasteiger partial charge in [-0.05, 0) is 45.0 Å². The van der Waals surface area contributed by atoms with Crippen molar-refractivity contribution in [3.8, 4) is 0 Å². The molecule has 1 heterocycles. The number of carbonyl (C=O) groups is 2. The van der Waals surface area contributed by atoms with Gasteiger partial charge in [-0.1, -0.05) is 0 Å². The van der Waals surface area contributed by atoms with Crippen LogP contribution in [0.25, 0.3) is 0 Å². The molecule has 1 aromatic heterocycles. The monoisotopic (exact) mass is 379 g/mol. The Labute approximate surface area is 152 Å². The maximum Gasteiger partial charge on any atom is 0.355 e. The Hall–Kier alpha value is -2.81. The molecular formula is C17H21N3O5S. The number of carbonyl (C=O) groups excluding carboxylic acids is 2. The van der Waals surface area contributed by atoms with Crippen molar-refractivity contribution in [3.05, 3.63) is 41.2 Å². The highest BCUT2D eigenvalue weighted by Gasteiger charge is 2.27. The zero-order chi connectivity index (χ0) is 19.5. The maximum atomic E-state index is 12.7. The molecule has 0 aliphatic carbocycles. The molecule has 3 N–H and O–H groups in total. The lowest BCUT2D eigenvalue weighted by molar-refractivity contribution is -0.114. The van der Waals surface area contributed by atoms with Crippen LogP contribution in [0.2, 0.25) is 0 Å². The number of hydrogen-bond donors (Lipinski definition) is 3. The van der Waals surface area contributed by atoms with Crippen LogP contribution in [-0.2, 0) is 19.6 Å². The standard InChI is InChI=1S/C17H21N3O5S/c1-5-25-17(22)15-10(2)16(11(3)18-15)26(23,24)20-14-8-6-13(7-9-14)19-12(4)21/h6-9,18,20H,5H2,1-4H3,(H,19,21). The molecule has 0 unspecified atom stereocenters. The van der Waals surface area contributed by atoms with Crippen LogP contribution in [0.4, 0.5) is 11.4 Å². The minimum Gasteiger partial charge on any atom is -0.461 e. The Kier molecular flexibility index (Phi) is 5.71. The van der Waals surface area contributed by atoms with E-state index in [0.717, 1.165) is 0 Å². The van der Waals surface area contributed by atoms with Gasteiger partial charge in [0.1, 0.15) is 10.6 Å². The van der Waals surface area contributed by atoms with Crippen molar-refractivity contribution >= 4 is 33.3 Å². The molecule has 1 aromatic carbocycles. The van der Waals surface area contributed by atoms with Crippen molar-refractivity contribution in [2.24, 2.45) is 0 Å². The van der Waals surface area contributed by atoms with Gasteiger partial charge in [-0.15, -0.1) is 0 Å². The number of benzene rings is 1. The highest BCUT2D eigenvalue weighted by atomic mass is 32.2. The van der Waals surface area contributed by atoms with Crippen molar-refractivity contribution < 1.29 is 22.7 Å². The van der Waals surface area contributed by atoms with Crippen molar-refractivity contribution in [2.75, 3.05) is 16.6 Å². The van der Waals surface area contributed by atoms with E-state index in [4.69, 9.17) is 4.74 Å². The third-order valence-corrected chi connectivity index (χ3v) is 5.23. The summed E-state index contributed by atoms with van der Waals surface area (Å²) < 4.78 is 32.9. The van der Waals surface area contributed by atoms with E-state index in [0.29, 0.717) is 22.6 Å². The number of sulfonamides is 1. The van der Waals surface area contributed by atoms with Crippen LogP contribution in [0.5, 0.6) is 0 Å². The molecule has 0 aliphatic heterocycles. The van der Waals surface area contributed by atoms with E-state index in [1.165, 1.54) is 19.1 Å². The van der Waals surface area contributed by atoms with Gasteiger partial charge in [-0.25, -0.2) is 13.2 Å². The fraction of sp³-hybridized carbons (Fsp3) is 0.294. The topological polar surface area (TPSA) is 117 Å². The van der Waals surface area contributed by atoms with Gasteiger partial charge in [-0.2, -0.15) is 0 Å². The Morgan fingerprint density at radius 3 is 2.23 bits per heavy atom.